The molecule has 1 aromatic rings. The molecule has 0 aliphatic heterocycles. The first kappa shape index (κ1) is 11.4. The number of carbonyl (C=O) groups excluding carboxylic acids is 1. The van der Waals surface area contributed by atoms with Crippen LogP contribution in [0.3, 0.4) is 0 Å². The zero-order chi connectivity index (χ0) is 11.4. The van der Waals surface area contributed by atoms with Gasteiger partial charge in [-0.15, -0.1) is 0 Å². The summed E-state index contributed by atoms with van der Waals surface area (Å²) < 4.78 is 4.29. The lowest BCUT2D eigenvalue weighted by Crippen LogP contribution is -2.41. The molecule has 7 nitrogen and oxygen atoms in total. The fourth-order valence-electron chi connectivity index (χ4n) is 1.01. The van der Waals surface area contributed by atoms with Crippen molar-refractivity contribution in [2.24, 2.45) is 5.92 Å². The topological polar surface area (TPSA) is 114 Å². The minimum absolute atomic E-state index is 0.0610. The Morgan fingerprint density at radius 2 is 2.27 bits per heavy atom. The van der Waals surface area contributed by atoms with Gasteiger partial charge in [-0.05, 0) is 16.2 Å². The summed E-state index contributed by atoms with van der Waals surface area (Å²) >= 11 is 0. The molecule has 1 atom stereocenters. The van der Waals surface area contributed by atoms with Crippen molar-refractivity contribution < 1.29 is 14.5 Å². The van der Waals surface area contributed by atoms with E-state index < -0.39 is 5.91 Å². The van der Waals surface area contributed by atoms with Crippen LogP contribution in [0.15, 0.2) is 4.63 Å². The number of nitrogens with one attached hydrogen (secondary N) is 1. The number of hydrogen-bond acceptors (Lipinski definition) is 6. The van der Waals surface area contributed by atoms with E-state index in [2.05, 4.69) is 20.3 Å². The third-order valence-electron chi connectivity index (χ3n) is 2.05. The van der Waals surface area contributed by atoms with Gasteiger partial charge in [-0.1, -0.05) is 13.8 Å². The van der Waals surface area contributed by atoms with Crippen LogP contribution < -0.4 is 11.1 Å². The van der Waals surface area contributed by atoms with Gasteiger partial charge in [0.1, 0.15) is 0 Å². The van der Waals surface area contributed by atoms with E-state index in [1.165, 1.54) is 0 Å². The summed E-state index contributed by atoms with van der Waals surface area (Å²) in [5.74, 6) is -0.450. The van der Waals surface area contributed by atoms with Gasteiger partial charge >= 0.3 is 0 Å². The van der Waals surface area contributed by atoms with E-state index in [0.29, 0.717) is 0 Å². The van der Waals surface area contributed by atoms with Crippen LogP contribution in [0.1, 0.15) is 24.3 Å². The van der Waals surface area contributed by atoms with Gasteiger partial charge in [-0.3, -0.25) is 4.79 Å². The second-order valence-corrected chi connectivity index (χ2v) is 3.50. The molecule has 0 bridgehead atoms. The van der Waals surface area contributed by atoms with Crippen molar-refractivity contribution in [2.75, 3.05) is 12.3 Å². The number of hydrogen-bond donors (Lipinski definition) is 3. The van der Waals surface area contributed by atoms with Crippen molar-refractivity contribution in [3.05, 3.63) is 5.69 Å². The molecule has 0 spiro atoms. The van der Waals surface area contributed by atoms with Crippen molar-refractivity contribution in [3.63, 3.8) is 0 Å². The van der Waals surface area contributed by atoms with Crippen molar-refractivity contribution in [1.29, 1.82) is 0 Å². The molecular formula is C8H14N4O3. The highest BCUT2D eigenvalue weighted by molar-refractivity contribution is 5.96. The van der Waals surface area contributed by atoms with Crippen molar-refractivity contribution in [3.8, 4) is 0 Å². The Bertz CT molecular complexity index is 336. The van der Waals surface area contributed by atoms with Crippen LogP contribution in [-0.2, 0) is 0 Å². The Morgan fingerprint density at radius 1 is 1.60 bits per heavy atom. The maximum atomic E-state index is 11.5. The summed E-state index contributed by atoms with van der Waals surface area (Å²) in [5, 5.41) is 18.2. The standard InChI is InChI=1S/C8H14N4O3/c1-4(2)5(3-13)10-8(14)6-7(9)12-15-11-6/h4-5,13H,3H2,1-2H3,(H2,9,12)(H,10,14). The van der Waals surface area contributed by atoms with Crippen LogP contribution in [0.5, 0.6) is 0 Å². The molecule has 0 aliphatic rings. The van der Waals surface area contributed by atoms with Crippen molar-refractivity contribution in [1.82, 2.24) is 15.6 Å². The highest BCUT2D eigenvalue weighted by atomic mass is 16.6. The fraction of sp³-hybridized carbons (Fsp3) is 0.625. The van der Waals surface area contributed by atoms with Gasteiger partial charge < -0.3 is 16.2 Å². The number of aliphatic hydroxyl groups is 1. The van der Waals surface area contributed by atoms with Gasteiger partial charge in [-0.2, -0.15) is 0 Å². The monoisotopic (exact) mass is 214 g/mol. The molecule has 0 saturated heterocycles. The molecule has 15 heavy (non-hydrogen) atoms. The van der Waals surface area contributed by atoms with Crippen molar-refractivity contribution >= 4 is 11.7 Å². The minimum Gasteiger partial charge on any atom is -0.394 e. The number of nitrogens with two attached hydrogens (primary N) is 1. The molecule has 1 aromatic heterocycles. The molecule has 0 aromatic carbocycles. The minimum atomic E-state index is -0.499. The average molecular weight is 214 g/mol. The zero-order valence-corrected chi connectivity index (χ0v) is 8.60. The molecule has 0 fully saturated rings. The number of anilines is 1. The predicted molar refractivity (Wildman–Crippen MR) is 51.9 cm³/mol. The highest BCUT2D eigenvalue weighted by Gasteiger charge is 2.21. The third kappa shape index (κ3) is 2.66. The lowest BCUT2D eigenvalue weighted by Gasteiger charge is -2.18. The summed E-state index contributed by atoms with van der Waals surface area (Å²) in [4.78, 5) is 11.5. The van der Waals surface area contributed by atoms with Crippen molar-refractivity contribution in [2.45, 2.75) is 19.9 Å². The molecular weight excluding hydrogens is 200 g/mol. The van der Waals surface area contributed by atoms with Crippen LogP contribution >= 0.6 is 0 Å². The first-order valence-corrected chi connectivity index (χ1v) is 4.56. The summed E-state index contributed by atoms with van der Waals surface area (Å²) in [7, 11) is 0. The van der Waals surface area contributed by atoms with Crippen LogP contribution in [0.25, 0.3) is 0 Å². The Hall–Kier alpha value is -1.63. The van der Waals surface area contributed by atoms with E-state index in [9.17, 15) is 4.79 Å². The van der Waals surface area contributed by atoms with Gasteiger partial charge in [0.15, 0.2) is 0 Å². The number of aliphatic hydroxyl groups excluding tert-OH is 1. The second-order valence-electron chi connectivity index (χ2n) is 3.50. The van der Waals surface area contributed by atoms with Gasteiger partial charge in [0, 0.05) is 0 Å². The summed E-state index contributed by atoms with van der Waals surface area (Å²) in [6.07, 6.45) is 0. The SMILES string of the molecule is CC(C)C(CO)NC(=O)c1nonc1N. The first-order valence-electron chi connectivity index (χ1n) is 4.56. The molecule has 0 saturated carbocycles. The molecule has 7 heteroatoms. The molecule has 0 aliphatic carbocycles. The molecule has 1 rings (SSSR count). The van der Waals surface area contributed by atoms with Gasteiger partial charge in [0.05, 0.1) is 12.6 Å². The number of rotatable bonds is 4. The Kier molecular flexibility index (Phi) is 3.62. The molecule has 1 heterocycles. The Morgan fingerprint density at radius 3 is 2.67 bits per heavy atom. The van der Waals surface area contributed by atoms with E-state index in [1.54, 1.807) is 0 Å². The number of nitrogens with zero attached hydrogens (tertiary/aromatic N) is 2. The van der Waals surface area contributed by atoms with Gasteiger partial charge in [-0.25, -0.2) is 4.63 Å². The van der Waals surface area contributed by atoms with E-state index in [0.717, 1.165) is 0 Å². The van der Waals surface area contributed by atoms with E-state index in [1.807, 2.05) is 13.8 Å². The summed E-state index contributed by atoms with van der Waals surface area (Å²) in [6, 6.07) is -0.339. The molecule has 1 unspecified atom stereocenters. The number of aromatic nitrogens is 2. The third-order valence-corrected chi connectivity index (χ3v) is 2.05. The Balaban J connectivity index is 2.67. The second kappa shape index (κ2) is 4.74. The largest absolute Gasteiger partial charge is 0.394 e. The van der Waals surface area contributed by atoms with Crippen LogP contribution in [0, 0.1) is 5.92 Å². The van der Waals surface area contributed by atoms with Gasteiger partial charge in [0.25, 0.3) is 5.91 Å². The zero-order valence-electron chi connectivity index (χ0n) is 8.60. The fourth-order valence-corrected chi connectivity index (χ4v) is 1.01. The number of amides is 1. The molecule has 84 valence electrons. The maximum absolute atomic E-state index is 11.5. The molecule has 4 N–H and O–H groups in total. The number of carbonyl (C=O) groups is 1. The Labute approximate surface area is 86.6 Å². The van der Waals surface area contributed by atoms with E-state index >= 15 is 0 Å². The first-order chi connectivity index (χ1) is 7.06. The van der Waals surface area contributed by atoms with Crippen LogP contribution in [-0.4, -0.2) is 34.0 Å². The maximum Gasteiger partial charge on any atom is 0.277 e. The summed E-state index contributed by atoms with van der Waals surface area (Å²) in [5.41, 5.74) is 5.28. The van der Waals surface area contributed by atoms with Crippen LogP contribution in [0.4, 0.5) is 5.82 Å². The number of nitrogen functional groups attached to an aromatic ring is 1. The van der Waals surface area contributed by atoms with Crippen LogP contribution in [0.2, 0.25) is 0 Å². The lowest BCUT2D eigenvalue weighted by atomic mass is 10.1. The van der Waals surface area contributed by atoms with Gasteiger partial charge in [0.2, 0.25) is 11.5 Å². The normalized spacial score (nSPS) is 12.8. The predicted octanol–water partition coefficient (Wildman–Crippen LogP) is -0.602. The smallest absolute Gasteiger partial charge is 0.277 e. The summed E-state index contributed by atoms with van der Waals surface area (Å²) in [6.45, 7) is 3.62. The quantitative estimate of drug-likeness (QED) is 0.616. The van der Waals surface area contributed by atoms with E-state index in [-0.39, 0.29) is 30.1 Å². The highest BCUT2D eigenvalue weighted by Crippen LogP contribution is 2.06. The average Bonchev–Trinajstić information content (AvgIpc) is 2.60. The molecule has 1 amide bonds. The van der Waals surface area contributed by atoms with E-state index in [4.69, 9.17) is 10.8 Å². The lowest BCUT2D eigenvalue weighted by molar-refractivity contribution is 0.0887. The molecule has 0 radical (unpaired) electrons.